The molecule has 2 N–H and O–H groups in total. The van der Waals surface area contributed by atoms with Crippen molar-refractivity contribution in [2.75, 3.05) is 18.5 Å². The summed E-state index contributed by atoms with van der Waals surface area (Å²) in [4.78, 5) is 19.9. The van der Waals surface area contributed by atoms with Crippen molar-refractivity contribution in [2.24, 2.45) is 0 Å². The molecule has 3 heterocycles. The predicted molar refractivity (Wildman–Crippen MR) is 80.1 cm³/mol. The van der Waals surface area contributed by atoms with Crippen LogP contribution in [0.15, 0.2) is 29.1 Å². The molecule has 0 spiro atoms. The molecule has 1 aromatic heterocycles. The van der Waals surface area contributed by atoms with Crippen LogP contribution >= 0.6 is 0 Å². The van der Waals surface area contributed by atoms with Crippen LogP contribution in [0.1, 0.15) is 35.7 Å². The number of H-pyrrole nitrogens is 1. The summed E-state index contributed by atoms with van der Waals surface area (Å²) in [7, 11) is 0. The number of nitrogens with zero attached hydrogens (tertiary/aromatic N) is 1. The van der Waals surface area contributed by atoms with Crippen molar-refractivity contribution >= 4 is 5.82 Å². The summed E-state index contributed by atoms with van der Waals surface area (Å²) < 4.78 is 5.68. The lowest BCUT2D eigenvalue weighted by molar-refractivity contribution is 0.274. The number of benzene rings is 1. The summed E-state index contributed by atoms with van der Waals surface area (Å²) >= 11 is 0. The highest BCUT2D eigenvalue weighted by Gasteiger charge is 2.26. The van der Waals surface area contributed by atoms with Gasteiger partial charge in [0.2, 0.25) is 0 Å². The van der Waals surface area contributed by atoms with Gasteiger partial charge in [-0.1, -0.05) is 18.2 Å². The Balaban J connectivity index is 1.81. The van der Waals surface area contributed by atoms with E-state index in [1.807, 2.05) is 24.3 Å². The normalized spacial score (nSPS) is 19.9. The van der Waals surface area contributed by atoms with E-state index in [9.17, 15) is 4.79 Å². The van der Waals surface area contributed by atoms with Crippen LogP contribution in [0.2, 0.25) is 0 Å². The molecular formula is C16H17N3O2. The average Bonchev–Trinajstić information content (AvgIpc) is 2.54. The third kappa shape index (κ3) is 2.09. The van der Waals surface area contributed by atoms with E-state index >= 15 is 0 Å². The van der Waals surface area contributed by atoms with Crippen molar-refractivity contribution in [3.63, 3.8) is 0 Å². The molecule has 0 amide bonds. The zero-order chi connectivity index (χ0) is 14.2. The zero-order valence-electron chi connectivity index (χ0n) is 11.7. The Morgan fingerprint density at radius 1 is 1.29 bits per heavy atom. The number of hydrogen-bond acceptors (Lipinski definition) is 4. The monoisotopic (exact) mass is 283 g/mol. The van der Waals surface area contributed by atoms with Crippen LogP contribution in [0.5, 0.6) is 5.75 Å². The first-order valence-corrected chi connectivity index (χ1v) is 7.41. The fourth-order valence-electron chi connectivity index (χ4n) is 3.16. The summed E-state index contributed by atoms with van der Waals surface area (Å²) in [5, 5.41) is 3.24. The highest BCUT2D eigenvalue weighted by atomic mass is 16.5. The lowest BCUT2D eigenvalue weighted by Crippen LogP contribution is -2.27. The molecule has 5 heteroatoms. The van der Waals surface area contributed by atoms with Crippen LogP contribution in [0.4, 0.5) is 5.82 Å². The number of anilines is 1. The van der Waals surface area contributed by atoms with Crippen LogP contribution < -0.4 is 15.6 Å². The van der Waals surface area contributed by atoms with Gasteiger partial charge in [0.15, 0.2) is 0 Å². The number of hydrogen-bond donors (Lipinski definition) is 2. The molecule has 4 rings (SSSR count). The number of para-hydroxylation sites is 1. The van der Waals surface area contributed by atoms with Crippen molar-refractivity contribution in [3.8, 4) is 5.75 Å². The molecule has 0 radical (unpaired) electrons. The largest absolute Gasteiger partial charge is 0.493 e. The van der Waals surface area contributed by atoms with Crippen LogP contribution in [0, 0.1) is 0 Å². The fourth-order valence-corrected chi connectivity index (χ4v) is 3.16. The molecule has 21 heavy (non-hydrogen) atoms. The van der Waals surface area contributed by atoms with Gasteiger partial charge in [0.25, 0.3) is 5.56 Å². The summed E-state index contributed by atoms with van der Waals surface area (Å²) in [5.41, 5.74) is 1.87. The van der Waals surface area contributed by atoms with Gasteiger partial charge in [-0.2, -0.15) is 0 Å². The molecule has 0 fully saturated rings. The van der Waals surface area contributed by atoms with Crippen molar-refractivity contribution < 1.29 is 4.74 Å². The average molecular weight is 283 g/mol. The van der Waals surface area contributed by atoms with E-state index in [0.717, 1.165) is 54.3 Å². The first kappa shape index (κ1) is 12.4. The first-order valence-electron chi connectivity index (χ1n) is 7.41. The highest BCUT2D eigenvalue weighted by molar-refractivity contribution is 5.47. The third-order valence-electron chi connectivity index (χ3n) is 4.22. The fraction of sp³-hybridized carbons (Fsp3) is 0.375. The van der Waals surface area contributed by atoms with Crippen LogP contribution in [-0.2, 0) is 6.42 Å². The van der Waals surface area contributed by atoms with E-state index in [0.29, 0.717) is 6.61 Å². The van der Waals surface area contributed by atoms with Gasteiger partial charge >= 0.3 is 0 Å². The Morgan fingerprint density at radius 2 is 2.19 bits per heavy atom. The van der Waals surface area contributed by atoms with E-state index in [4.69, 9.17) is 4.74 Å². The smallest absolute Gasteiger partial charge is 0.256 e. The van der Waals surface area contributed by atoms with Crippen molar-refractivity contribution in [2.45, 2.75) is 25.2 Å². The summed E-state index contributed by atoms with van der Waals surface area (Å²) in [6.07, 6.45) is 2.62. The molecule has 108 valence electrons. The Bertz CT molecular complexity index is 739. The molecule has 0 bridgehead atoms. The minimum atomic E-state index is -0.00817. The molecular weight excluding hydrogens is 266 g/mol. The zero-order valence-corrected chi connectivity index (χ0v) is 11.7. The van der Waals surface area contributed by atoms with Crippen molar-refractivity contribution in [1.29, 1.82) is 0 Å². The van der Waals surface area contributed by atoms with Gasteiger partial charge in [-0.15, -0.1) is 0 Å². The van der Waals surface area contributed by atoms with E-state index in [1.54, 1.807) is 0 Å². The first-order chi connectivity index (χ1) is 10.3. The molecule has 5 nitrogen and oxygen atoms in total. The van der Waals surface area contributed by atoms with Crippen LogP contribution in [0.25, 0.3) is 0 Å². The van der Waals surface area contributed by atoms with Gasteiger partial charge in [0, 0.05) is 18.0 Å². The number of nitrogens with one attached hydrogen (secondary N) is 2. The van der Waals surface area contributed by atoms with Gasteiger partial charge in [0.1, 0.15) is 17.4 Å². The molecule has 2 aliphatic rings. The SMILES string of the molecule is O=c1[nH]c(C2CCOc3ccccc32)nc2c1CCCN2. The number of fused-ring (bicyclic) bond motifs is 2. The number of aromatic amines is 1. The van der Waals surface area contributed by atoms with Crippen molar-refractivity contribution in [1.82, 2.24) is 9.97 Å². The molecule has 0 saturated carbocycles. The number of ether oxygens (including phenoxy) is 1. The second kappa shape index (κ2) is 4.91. The Hall–Kier alpha value is -2.30. The van der Waals surface area contributed by atoms with Crippen LogP contribution in [-0.4, -0.2) is 23.1 Å². The second-order valence-corrected chi connectivity index (χ2v) is 5.54. The lowest BCUT2D eigenvalue weighted by atomic mass is 9.92. The van der Waals surface area contributed by atoms with Crippen LogP contribution in [0.3, 0.4) is 0 Å². The summed E-state index contributed by atoms with van der Waals surface area (Å²) in [5.74, 6) is 2.48. The van der Waals surface area contributed by atoms with Gasteiger partial charge in [0.05, 0.1) is 12.2 Å². The quantitative estimate of drug-likeness (QED) is 0.840. The van der Waals surface area contributed by atoms with Gasteiger partial charge in [-0.3, -0.25) is 4.79 Å². The molecule has 2 aliphatic heterocycles. The highest BCUT2D eigenvalue weighted by Crippen LogP contribution is 2.36. The topological polar surface area (TPSA) is 67.0 Å². The maximum Gasteiger partial charge on any atom is 0.256 e. The molecule has 0 aliphatic carbocycles. The maximum absolute atomic E-state index is 12.3. The van der Waals surface area contributed by atoms with Gasteiger partial charge < -0.3 is 15.0 Å². The lowest BCUT2D eigenvalue weighted by Gasteiger charge is -2.26. The van der Waals surface area contributed by atoms with Gasteiger partial charge in [-0.05, 0) is 25.3 Å². The summed E-state index contributed by atoms with van der Waals surface area (Å²) in [6, 6.07) is 7.98. The predicted octanol–water partition coefficient (Wildman–Crippen LogP) is 2.04. The molecule has 2 aromatic rings. The minimum absolute atomic E-state index is 0.00817. The van der Waals surface area contributed by atoms with E-state index in [-0.39, 0.29) is 11.5 Å². The molecule has 1 atom stereocenters. The van der Waals surface area contributed by atoms with Crippen molar-refractivity contribution in [3.05, 3.63) is 51.6 Å². The Morgan fingerprint density at radius 3 is 3.14 bits per heavy atom. The minimum Gasteiger partial charge on any atom is -0.493 e. The second-order valence-electron chi connectivity index (χ2n) is 5.54. The summed E-state index contributed by atoms with van der Waals surface area (Å²) in [6.45, 7) is 1.53. The maximum atomic E-state index is 12.3. The Kier molecular flexibility index (Phi) is 2.91. The van der Waals surface area contributed by atoms with E-state index < -0.39 is 0 Å². The molecule has 1 unspecified atom stereocenters. The number of rotatable bonds is 1. The van der Waals surface area contributed by atoms with Gasteiger partial charge in [-0.25, -0.2) is 4.98 Å². The Labute approximate surface area is 122 Å². The third-order valence-corrected chi connectivity index (χ3v) is 4.22. The van der Waals surface area contributed by atoms with E-state index in [1.165, 1.54) is 0 Å². The van der Waals surface area contributed by atoms with E-state index in [2.05, 4.69) is 15.3 Å². The molecule has 0 saturated heterocycles. The number of aromatic nitrogens is 2. The molecule has 1 aromatic carbocycles. The standard InChI is InChI=1S/C16H17N3O2/c20-16-12-5-3-8-17-14(12)18-15(19-16)11-7-9-21-13-6-2-1-4-10(11)13/h1-2,4,6,11H,3,5,7-9H2,(H2,17,18,19,20).